The van der Waals surface area contributed by atoms with Gasteiger partial charge in [0.05, 0.1) is 35.0 Å². The highest BCUT2D eigenvalue weighted by molar-refractivity contribution is 8.00. The van der Waals surface area contributed by atoms with Crippen molar-refractivity contribution in [3.63, 3.8) is 0 Å². The number of benzene rings is 1. The quantitative estimate of drug-likeness (QED) is 0.0743. The Labute approximate surface area is 277 Å². The Morgan fingerprint density at radius 1 is 1.16 bits per heavy atom. The second-order valence-electron chi connectivity index (χ2n) is 10.6. The minimum absolute atomic E-state index is 0.0548. The molecule has 16 heteroatoms. The maximum Gasteiger partial charge on any atom is 0.514 e. The Morgan fingerprint density at radius 3 is 2.36 bits per heavy atom. The molecule has 0 radical (unpaired) electrons. The van der Waals surface area contributed by atoms with Crippen molar-refractivity contribution in [2.45, 2.75) is 92.7 Å². The Hall–Kier alpha value is -2.02. The van der Waals surface area contributed by atoms with E-state index in [4.69, 9.17) is 28.5 Å². The minimum atomic E-state index is -1.67. The summed E-state index contributed by atoms with van der Waals surface area (Å²) in [7, 11) is -1.67. The summed E-state index contributed by atoms with van der Waals surface area (Å²) in [6.45, 7) is 9.64. The average Bonchev–Trinajstić information content (AvgIpc) is 3.39. The monoisotopic (exact) mass is 700 g/mol. The summed E-state index contributed by atoms with van der Waals surface area (Å²) in [5.41, 5.74) is -0.770. The van der Waals surface area contributed by atoms with Crippen molar-refractivity contribution in [2.75, 3.05) is 32.0 Å². The molecule has 1 aromatic carbocycles. The van der Waals surface area contributed by atoms with E-state index >= 15 is 0 Å². The number of hydrogen-bond donors (Lipinski definition) is 1. The number of nitriles is 1. The normalized spacial score (nSPS) is 18.8. The summed E-state index contributed by atoms with van der Waals surface area (Å²) in [5, 5.41) is 9.09. The molecule has 248 valence electrons. The first-order chi connectivity index (χ1) is 21.4. The van der Waals surface area contributed by atoms with Crippen LogP contribution in [0.5, 0.6) is 5.75 Å². The largest absolute Gasteiger partial charge is 0.514 e. The molecule has 4 atom stereocenters. The van der Waals surface area contributed by atoms with Crippen LogP contribution < -0.4 is 16.0 Å². The van der Waals surface area contributed by atoms with Gasteiger partial charge in [-0.3, -0.25) is 14.3 Å². The molecule has 2 aromatic rings. The predicted octanol–water partition coefficient (Wildman–Crippen LogP) is 6.18. The second-order valence-corrected chi connectivity index (χ2v) is 14.5. The molecule has 1 fully saturated rings. The number of aromatic nitrogens is 2. The van der Waals surface area contributed by atoms with Gasteiger partial charge in [0, 0.05) is 35.2 Å². The van der Waals surface area contributed by atoms with Crippen molar-refractivity contribution in [3.8, 4) is 11.8 Å². The molecule has 12 nitrogen and oxygen atoms in total. The van der Waals surface area contributed by atoms with Crippen molar-refractivity contribution in [1.82, 2.24) is 14.2 Å². The number of ether oxygens (including phenoxy) is 3. The SMILES string of the molecule is CSc1cc(SC)c(OC(=O)OCC2OC(n3cc(C)c(=O)[nH]c3=O)C[C@H]2OP(OCCC#N)N(C(C)C)C(C)C)c(SC)c1. The van der Waals surface area contributed by atoms with Crippen LogP contribution in [-0.2, 0) is 18.5 Å². The molecule has 3 rings (SSSR count). The molecule has 2 heterocycles. The number of H-pyrrole nitrogens is 1. The van der Waals surface area contributed by atoms with E-state index in [1.54, 1.807) is 18.7 Å². The summed E-state index contributed by atoms with van der Waals surface area (Å²) in [5.74, 6) is 0.421. The van der Waals surface area contributed by atoms with Gasteiger partial charge >= 0.3 is 11.8 Å². The smallest absolute Gasteiger partial charge is 0.431 e. The highest BCUT2D eigenvalue weighted by Crippen LogP contribution is 2.50. The molecular formula is C29H41N4O8PS3. The van der Waals surface area contributed by atoms with Gasteiger partial charge in [-0.2, -0.15) is 5.26 Å². The van der Waals surface area contributed by atoms with Crippen molar-refractivity contribution in [3.05, 3.63) is 44.7 Å². The van der Waals surface area contributed by atoms with E-state index in [-0.39, 0.29) is 38.1 Å². The Kier molecular flexibility index (Phi) is 14.8. The van der Waals surface area contributed by atoms with E-state index in [1.807, 2.05) is 58.6 Å². The van der Waals surface area contributed by atoms with E-state index in [1.165, 1.54) is 34.3 Å². The predicted molar refractivity (Wildman–Crippen MR) is 178 cm³/mol. The topological polar surface area (TPSA) is 145 Å². The molecule has 45 heavy (non-hydrogen) atoms. The number of aryl methyl sites for hydroxylation is 1. The highest BCUT2D eigenvalue weighted by atomic mass is 32.2. The maximum absolute atomic E-state index is 13.0. The van der Waals surface area contributed by atoms with Gasteiger partial charge in [-0.1, -0.05) is 0 Å². The minimum Gasteiger partial charge on any atom is -0.431 e. The van der Waals surface area contributed by atoms with Gasteiger partial charge in [-0.15, -0.1) is 35.3 Å². The van der Waals surface area contributed by atoms with Gasteiger partial charge < -0.3 is 23.3 Å². The van der Waals surface area contributed by atoms with Gasteiger partial charge in [0.15, 0.2) is 5.75 Å². The summed E-state index contributed by atoms with van der Waals surface area (Å²) in [6, 6.07) is 6.11. The van der Waals surface area contributed by atoms with E-state index < -0.39 is 44.4 Å². The van der Waals surface area contributed by atoms with Crippen LogP contribution in [0.25, 0.3) is 0 Å². The Bertz CT molecular complexity index is 1430. The van der Waals surface area contributed by atoms with Gasteiger partial charge in [0.1, 0.15) is 18.9 Å². The third-order valence-corrected chi connectivity index (χ3v) is 11.1. The zero-order valence-corrected chi connectivity index (χ0v) is 30.1. The van der Waals surface area contributed by atoms with Gasteiger partial charge in [0.25, 0.3) is 14.1 Å². The van der Waals surface area contributed by atoms with Crippen LogP contribution in [0, 0.1) is 18.3 Å². The zero-order valence-electron chi connectivity index (χ0n) is 26.7. The first kappa shape index (κ1) is 37.4. The van der Waals surface area contributed by atoms with Crippen molar-refractivity contribution < 1.29 is 28.1 Å². The number of carbonyl (C=O) groups excluding carboxylic acids is 1. The molecule has 0 saturated carbocycles. The third kappa shape index (κ3) is 9.98. The fourth-order valence-corrected chi connectivity index (χ4v) is 8.29. The van der Waals surface area contributed by atoms with Crippen LogP contribution in [-0.4, -0.2) is 76.6 Å². The lowest BCUT2D eigenvalue weighted by Crippen LogP contribution is -2.37. The summed E-state index contributed by atoms with van der Waals surface area (Å²) >= 11 is 4.53. The zero-order chi connectivity index (χ0) is 33.3. The summed E-state index contributed by atoms with van der Waals surface area (Å²) in [4.78, 5) is 42.7. The lowest BCUT2D eigenvalue weighted by atomic mass is 10.2. The van der Waals surface area contributed by atoms with Crippen LogP contribution in [0.15, 0.2) is 42.6 Å². The Balaban J connectivity index is 1.88. The molecule has 0 spiro atoms. The van der Waals surface area contributed by atoms with Crippen molar-refractivity contribution >= 4 is 50.0 Å². The summed E-state index contributed by atoms with van der Waals surface area (Å²) in [6.07, 6.45) is 4.46. The third-order valence-electron chi connectivity index (χ3n) is 6.75. The number of nitrogens with zero attached hydrogens (tertiary/aromatic N) is 3. The van der Waals surface area contributed by atoms with E-state index in [9.17, 15) is 14.4 Å². The van der Waals surface area contributed by atoms with Crippen LogP contribution in [0.3, 0.4) is 0 Å². The molecule has 1 saturated heterocycles. The van der Waals surface area contributed by atoms with Crippen molar-refractivity contribution in [2.24, 2.45) is 0 Å². The van der Waals surface area contributed by atoms with Crippen LogP contribution in [0.4, 0.5) is 4.79 Å². The molecule has 1 N–H and O–H groups in total. The molecule has 1 aliphatic rings. The second kappa shape index (κ2) is 17.8. The first-order valence-corrected chi connectivity index (χ1v) is 19.1. The summed E-state index contributed by atoms with van der Waals surface area (Å²) < 4.78 is 33.5. The number of thioether (sulfide) groups is 3. The number of aromatic amines is 1. The molecular weight excluding hydrogens is 660 g/mol. The van der Waals surface area contributed by atoms with Gasteiger partial charge in [-0.05, 0) is 65.5 Å². The van der Waals surface area contributed by atoms with E-state index in [0.717, 1.165) is 14.7 Å². The van der Waals surface area contributed by atoms with Gasteiger partial charge in [-0.25, -0.2) is 14.3 Å². The lowest BCUT2D eigenvalue weighted by molar-refractivity contribution is -0.0519. The van der Waals surface area contributed by atoms with E-state index in [2.05, 4.69) is 15.7 Å². The molecule has 0 aliphatic carbocycles. The standard InChI is InChI=1S/C29H41N4O8PS3/c1-17(2)33(18(3)4)42(38-11-9-10-30)41-21-14-25(32-15-19(5)27(34)31-28(32)35)39-22(21)16-37-29(36)40-26-23(44-7)12-20(43-6)13-24(26)45-8/h12-13,15,17-18,21-22,25H,9,11,14,16H2,1-8H3,(H,31,34,35)/t21-,22?,25?,42?/m1/s1. The fraction of sp³-hybridized carbons (Fsp3) is 0.586. The lowest BCUT2D eigenvalue weighted by Gasteiger charge is -2.37. The van der Waals surface area contributed by atoms with Crippen LogP contribution in [0.2, 0.25) is 0 Å². The highest BCUT2D eigenvalue weighted by Gasteiger charge is 2.42. The molecule has 3 unspecified atom stereocenters. The number of rotatable bonds is 15. The Morgan fingerprint density at radius 2 is 1.80 bits per heavy atom. The molecule has 0 amide bonds. The first-order valence-electron chi connectivity index (χ1n) is 14.3. The van der Waals surface area contributed by atoms with Gasteiger partial charge in [0.2, 0.25) is 0 Å². The van der Waals surface area contributed by atoms with Crippen molar-refractivity contribution in [1.29, 1.82) is 5.26 Å². The number of carbonyl (C=O) groups is 1. The maximum atomic E-state index is 13.0. The molecule has 1 aromatic heterocycles. The molecule has 0 bridgehead atoms. The number of hydrogen-bond acceptors (Lipinski definition) is 13. The average molecular weight is 701 g/mol. The fourth-order valence-electron chi connectivity index (χ4n) is 4.68. The molecule has 1 aliphatic heterocycles. The van der Waals surface area contributed by atoms with Crippen LogP contribution in [0.1, 0.15) is 52.3 Å². The van der Waals surface area contributed by atoms with E-state index in [0.29, 0.717) is 11.3 Å². The van der Waals surface area contributed by atoms with Crippen LogP contribution >= 0.6 is 43.8 Å². The number of nitrogens with one attached hydrogen (secondary N) is 1.